The number of nitrogens with one attached hydrogen (secondary N) is 2. The Morgan fingerprint density at radius 3 is 2.37 bits per heavy atom. The number of hydrogen-bond donors (Lipinski definition) is 4. The fraction of sp³-hybridized carbons (Fsp3) is 0.263. The molecule has 3 atom stereocenters. The van der Waals surface area contributed by atoms with E-state index in [2.05, 4.69) is 10.6 Å². The number of amides is 1. The first kappa shape index (κ1) is 20.9. The zero-order valence-electron chi connectivity index (χ0n) is 14.5. The molecule has 1 amide bonds. The van der Waals surface area contributed by atoms with E-state index in [0.29, 0.717) is 5.56 Å². The van der Waals surface area contributed by atoms with Crippen LogP contribution in [0.15, 0.2) is 54.6 Å². The van der Waals surface area contributed by atoms with Crippen LogP contribution in [0.2, 0.25) is 0 Å². The van der Waals surface area contributed by atoms with Gasteiger partial charge in [0.2, 0.25) is 0 Å². The Bertz CT molecular complexity index is 807. The standard InChI is InChI=1S/C19H20F2N2O3S/c1-19(16(21)15(25)11-24,13-9-5-6-10-14(13)20)23-18(27)22-17(26)12-7-3-2-4-8-12/h2-10,15-16,24-25H,11H2,1H3,(H2,22,23,26,27)/t15-,16-,19+/m0/s1. The molecule has 0 aliphatic carbocycles. The minimum Gasteiger partial charge on any atom is -0.394 e. The van der Waals surface area contributed by atoms with Crippen LogP contribution in [0, 0.1) is 5.82 Å². The lowest BCUT2D eigenvalue weighted by atomic mass is 9.84. The number of aliphatic hydroxyl groups is 2. The highest BCUT2D eigenvalue weighted by atomic mass is 32.1. The molecule has 0 saturated heterocycles. The monoisotopic (exact) mass is 394 g/mol. The minimum atomic E-state index is -2.12. The number of aliphatic hydroxyl groups excluding tert-OH is 2. The van der Waals surface area contributed by atoms with E-state index in [1.165, 1.54) is 25.1 Å². The van der Waals surface area contributed by atoms with Crippen LogP contribution < -0.4 is 10.6 Å². The molecule has 0 fully saturated rings. The van der Waals surface area contributed by atoms with Gasteiger partial charge >= 0.3 is 0 Å². The molecule has 0 aromatic heterocycles. The van der Waals surface area contributed by atoms with Crippen LogP contribution in [0.25, 0.3) is 0 Å². The topological polar surface area (TPSA) is 81.6 Å². The maximum atomic E-state index is 14.9. The molecule has 0 aliphatic heterocycles. The van der Waals surface area contributed by atoms with Crippen molar-refractivity contribution in [2.24, 2.45) is 0 Å². The van der Waals surface area contributed by atoms with Gasteiger partial charge in [-0.15, -0.1) is 0 Å². The predicted molar refractivity (Wildman–Crippen MR) is 101 cm³/mol. The van der Waals surface area contributed by atoms with Crippen LogP contribution in [-0.4, -0.2) is 40.1 Å². The third kappa shape index (κ3) is 4.85. The number of thiocarbonyl (C=S) groups is 1. The Labute approximate surface area is 161 Å². The van der Waals surface area contributed by atoms with E-state index in [0.717, 1.165) is 6.07 Å². The van der Waals surface area contributed by atoms with Crippen molar-refractivity contribution >= 4 is 23.2 Å². The highest BCUT2D eigenvalue weighted by Crippen LogP contribution is 2.31. The van der Waals surface area contributed by atoms with E-state index in [1.54, 1.807) is 30.3 Å². The van der Waals surface area contributed by atoms with Gasteiger partial charge in [-0.3, -0.25) is 10.1 Å². The molecule has 4 N–H and O–H groups in total. The number of halogens is 2. The summed E-state index contributed by atoms with van der Waals surface area (Å²) in [4.78, 5) is 12.2. The zero-order chi connectivity index (χ0) is 20.0. The summed E-state index contributed by atoms with van der Waals surface area (Å²) in [5.74, 6) is -1.25. The van der Waals surface area contributed by atoms with Gasteiger partial charge < -0.3 is 15.5 Å². The second-order valence-corrected chi connectivity index (χ2v) is 6.52. The molecule has 8 heteroatoms. The number of carbonyl (C=O) groups excluding carboxylic acids is 1. The quantitative estimate of drug-likeness (QED) is 0.564. The molecule has 2 aromatic carbocycles. The van der Waals surface area contributed by atoms with Gasteiger partial charge in [-0.1, -0.05) is 36.4 Å². The van der Waals surface area contributed by atoms with E-state index in [1.807, 2.05) is 0 Å². The second kappa shape index (κ2) is 8.98. The molecule has 0 radical (unpaired) electrons. The molecule has 27 heavy (non-hydrogen) atoms. The average molecular weight is 394 g/mol. The first-order valence-corrected chi connectivity index (χ1v) is 8.57. The Morgan fingerprint density at radius 2 is 1.78 bits per heavy atom. The van der Waals surface area contributed by atoms with Crippen molar-refractivity contribution in [3.8, 4) is 0 Å². The molecular formula is C19H20F2N2O3S. The Morgan fingerprint density at radius 1 is 1.19 bits per heavy atom. The van der Waals surface area contributed by atoms with Crippen LogP contribution in [-0.2, 0) is 5.54 Å². The molecule has 0 spiro atoms. The van der Waals surface area contributed by atoms with E-state index < -0.39 is 36.1 Å². The molecule has 144 valence electrons. The van der Waals surface area contributed by atoms with Crippen molar-refractivity contribution in [1.29, 1.82) is 0 Å². The summed E-state index contributed by atoms with van der Waals surface area (Å²) < 4.78 is 29.2. The van der Waals surface area contributed by atoms with Gasteiger partial charge in [0.1, 0.15) is 11.9 Å². The molecule has 0 saturated carbocycles. The van der Waals surface area contributed by atoms with Gasteiger partial charge in [-0.05, 0) is 37.3 Å². The largest absolute Gasteiger partial charge is 0.394 e. The number of benzene rings is 2. The third-order valence-corrected chi connectivity index (χ3v) is 4.35. The van der Waals surface area contributed by atoms with Crippen molar-refractivity contribution < 1.29 is 23.8 Å². The zero-order valence-corrected chi connectivity index (χ0v) is 15.3. The summed E-state index contributed by atoms with van der Waals surface area (Å²) in [6.07, 6.45) is -3.90. The van der Waals surface area contributed by atoms with Gasteiger partial charge in [-0.25, -0.2) is 8.78 Å². The second-order valence-electron chi connectivity index (χ2n) is 6.11. The van der Waals surface area contributed by atoms with Crippen LogP contribution >= 0.6 is 12.2 Å². The molecule has 0 aliphatic rings. The maximum absolute atomic E-state index is 14.9. The minimum absolute atomic E-state index is 0.110. The lowest BCUT2D eigenvalue weighted by Gasteiger charge is -2.37. The summed E-state index contributed by atoms with van der Waals surface area (Å²) in [5, 5.41) is 23.6. The van der Waals surface area contributed by atoms with Gasteiger partial charge in [0.15, 0.2) is 11.3 Å². The van der Waals surface area contributed by atoms with Crippen LogP contribution in [0.3, 0.4) is 0 Å². The van der Waals surface area contributed by atoms with E-state index >= 15 is 0 Å². The van der Waals surface area contributed by atoms with E-state index in [-0.39, 0.29) is 10.7 Å². The molecular weight excluding hydrogens is 374 g/mol. The molecule has 5 nitrogen and oxygen atoms in total. The smallest absolute Gasteiger partial charge is 0.257 e. The molecule has 0 bridgehead atoms. The Kier molecular flexibility index (Phi) is 6.95. The lowest BCUT2D eigenvalue weighted by Crippen LogP contribution is -2.58. The van der Waals surface area contributed by atoms with Gasteiger partial charge in [-0.2, -0.15) is 0 Å². The summed E-state index contributed by atoms with van der Waals surface area (Å²) in [7, 11) is 0. The summed E-state index contributed by atoms with van der Waals surface area (Å²) >= 11 is 5.09. The molecule has 0 heterocycles. The van der Waals surface area contributed by atoms with Crippen molar-refractivity contribution in [3.05, 3.63) is 71.5 Å². The van der Waals surface area contributed by atoms with Crippen molar-refractivity contribution in [2.75, 3.05) is 6.61 Å². The van der Waals surface area contributed by atoms with Crippen molar-refractivity contribution in [3.63, 3.8) is 0 Å². The average Bonchev–Trinajstić information content (AvgIpc) is 2.67. The van der Waals surface area contributed by atoms with Crippen LogP contribution in [0.4, 0.5) is 8.78 Å². The van der Waals surface area contributed by atoms with Crippen molar-refractivity contribution in [1.82, 2.24) is 10.6 Å². The number of alkyl halides is 1. The normalized spacial score (nSPS) is 15.3. The Balaban J connectivity index is 2.28. The Hall–Kier alpha value is -2.42. The third-order valence-electron chi connectivity index (χ3n) is 4.15. The first-order chi connectivity index (χ1) is 12.8. The highest BCUT2D eigenvalue weighted by Gasteiger charge is 2.43. The van der Waals surface area contributed by atoms with Crippen LogP contribution in [0.5, 0.6) is 0 Å². The summed E-state index contributed by atoms with van der Waals surface area (Å²) in [6, 6.07) is 13.6. The van der Waals surface area contributed by atoms with E-state index in [9.17, 15) is 18.7 Å². The summed E-state index contributed by atoms with van der Waals surface area (Å²) in [6.45, 7) is 0.423. The van der Waals surface area contributed by atoms with Gasteiger partial charge in [0, 0.05) is 11.1 Å². The van der Waals surface area contributed by atoms with Gasteiger partial charge in [0.25, 0.3) is 5.91 Å². The molecule has 0 unspecified atom stereocenters. The molecule has 2 rings (SSSR count). The fourth-order valence-corrected chi connectivity index (χ4v) is 2.98. The number of carbonyl (C=O) groups is 1. The number of hydrogen-bond acceptors (Lipinski definition) is 4. The summed E-state index contributed by atoms with van der Waals surface area (Å²) in [5.41, 5.74) is -1.61. The maximum Gasteiger partial charge on any atom is 0.257 e. The van der Waals surface area contributed by atoms with Crippen LogP contribution in [0.1, 0.15) is 22.8 Å². The van der Waals surface area contributed by atoms with E-state index in [4.69, 9.17) is 17.3 Å². The predicted octanol–water partition coefficient (Wildman–Crippen LogP) is 2.04. The van der Waals surface area contributed by atoms with Gasteiger partial charge in [0.05, 0.1) is 12.1 Å². The first-order valence-electron chi connectivity index (χ1n) is 8.16. The van der Waals surface area contributed by atoms with Crippen molar-refractivity contribution in [2.45, 2.75) is 24.7 Å². The number of rotatable bonds is 6. The SMILES string of the molecule is C[C@@](NC(=S)NC(=O)c1ccccc1)(c1ccccc1F)[C@@H](F)[C@@H](O)CO. The lowest BCUT2D eigenvalue weighted by molar-refractivity contribution is -0.0101. The molecule has 2 aromatic rings. The fourth-order valence-electron chi connectivity index (χ4n) is 2.68. The highest BCUT2D eigenvalue weighted by molar-refractivity contribution is 7.80.